The van der Waals surface area contributed by atoms with Crippen molar-refractivity contribution in [3.8, 4) is 6.01 Å². The molecule has 2 rings (SSSR count). The summed E-state index contributed by atoms with van der Waals surface area (Å²) < 4.78 is 32.8. The van der Waals surface area contributed by atoms with Crippen LogP contribution in [0.3, 0.4) is 0 Å². The van der Waals surface area contributed by atoms with Gasteiger partial charge < -0.3 is 4.74 Å². The van der Waals surface area contributed by atoms with Gasteiger partial charge in [0.1, 0.15) is 0 Å². The number of rotatable bonds is 3. The fourth-order valence-electron chi connectivity index (χ4n) is 1.74. The molecule has 0 N–H and O–H groups in total. The summed E-state index contributed by atoms with van der Waals surface area (Å²) in [5.41, 5.74) is 0.178. The summed E-state index contributed by atoms with van der Waals surface area (Å²) in [7, 11) is 1.36. The number of aryl methyl sites for hydroxylation is 1. The van der Waals surface area contributed by atoms with Crippen LogP contribution in [0.25, 0.3) is 0 Å². The molecule has 0 aliphatic rings. The third kappa shape index (κ3) is 2.62. The summed E-state index contributed by atoms with van der Waals surface area (Å²) in [6.45, 7) is 1.51. The van der Waals surface area contributed by atoms with Gasteiger partial charge in [-0.25, -0.2) is 13.8 Å². The van der Waals surface area contributed by atoms with Gasteiger partial charge in [-0.3, -0.25) is 9.36 Å². The topological polar surface area (TPSA) is 44.1 Å². The van der Waals surface area contributed by atoms with Crippen molar-refractivity contribution in [2.45, 2.75) is 13.5 Å². The first-order valence-corrected chi connectivity index (χ1v) is 5.58. The number of halogens is 2. The molecule has 0 bridgehead atoms. The zero-order chi connectivity index (χ0) is 14.0. The highest BCUT2D eigenvalue weighted by Gasteiger charge is 2.12. The quantitative estimate of drug-likeness (QED) is 0.852. The average molecular weight is 266 g/mol. The van der Waals surface area contributed by atoms with Crippen LogP contribution in [0.2, 0.25) is 0 Å². The number of ether oxygens (including phenoxy) is 1. The number of hydrogen-bond acceptors (Lipinski definition) is 3. The lowest BCUT2D eigenvalue weighted by Crippen LogP contribution is -2.23. The molecule has 0 spiro atoms. The van der Waals surface area contributed by atoms with E-state index in [1.54, 1.807) is 6.92 Å². The van der Waals surface area contributed by atoms with Crippen molar-refractivity contribution in [1.82, 2.24) is 9.55 Å². The highest BCUT2D eigenvalue weighted by molar-refractivity contribution is 5.20. The van der Waals surface area contributed by atoms with Gasteiger partial charge in [0, 0.05) is 17.3 Å². The first kappa shape index (κ1) is 13.2. The molecule has 0 aliphatic heterocycles. The molecule has 0 saturated carbocycles. The van der Waals surface area contributed by atoms with E-state index in [1.807, 2.05) is 0 Å². The van der Waals surface area contributed by atoms with Crippen LogP contribution in [0, 0.1) is 18.6 Å². The maximum Gasteiger partial charge on any atom is 0.299 e. The van der Waals surface area contributed by atoms with Gasteiger partial charge in [0.25, 0.3) is 11.6 Å². The Morgan fingerprint density at radius 1 is 1.37 bits per heavy atom. The Morgan fingerprint density at radius 3 is 2.79 bits per heavy atom. The van der Waals surface area contributed by atoms with Crippen molar-refractivity contribution < 1.29 is 13.5 Å². The van der Waals surface area contributed by atoms with Crippen LogP contribution in [-0.4, -0.2) is 16.7 Å². The van der Waals surface area contributed by atoms with Gasteiger partial charge in [-0.05, 0) is 13.0 Å². The molecule has 0 atom stereocenters. The third-order valence-electron chi connectivity index (χ3n) is 2.64. The van der Waals surface area contributed by atoms with Crippen molar-refractivity contribution in [3.05, 3.63) is 57.5 Å². The molecular formula is C13H12F2N2O2. The summed E-state index contributed by atoms with van der Waals surface area (Å²) in [5, 5.41) is 0. The molecule has 1 aromatic heterocycles. The van der Waals surface area contributed by atoms with Crippen LogP contribution in [0.5, 0.6) is 6.01 Å². The third-order valence-corrected chi connectivity index (χ3v) is 2.64. The Bertz CT molecular complexity index is 668. The Kier molecular flexibility index (Phi) is 3.59. The van der Waals surface area contributed by atoms with Crippen LogP contribution in [0.1, 0.15) is 11.3 Å². The normalized spacial score (nSPS) is 10.5. The summed E-state index contributed by atoms with van der Waals surface area (Å²) >= 11 is 0. The molecule has 0 saturated heterocycles. The summed E-state index contributed by atoms with van der Waals surface area (Å²) in [6, 6.07) is 5.18. The molecule has 0 unspecified atom stereocenters. The fraction of sp³-hybridized carbons (Fsp3) is 0.231. The number of hydrogen-bond donors (Lipinski definition) is 0. The second-order valence-corrected chi connectivity index (χ2v) is 4.02. The highest BCUT2D eigenvalue weighted by atomic mass is 19.2. The van der Waals surface area contributed by atoms with E-state index in [4.69, 9.17) is 4.74 Å². The van der Waals surface area contributed by atoms with Gasteiger partial charge in [0.2, 0.25) is 0 Å². The summed E-state index contributed by atoms with van der Waals surface area (Å²) in [5.74, 6) is -1.93. The lowest BCUT2D eigenvalue weighted by molar-refractivity contribution is 0.348. The van der Waals surface area contributed by atoms with Gasteiger partial charge in [0.05, 0.1) is 13.7 Å². The van der Waals surface area contributed by atoms with Gasteiger partial charge in [-0.15, -0.1) is 0 Å². The molecule has 100 valence electrons. The molecule has 6 heteroatoms. The molecule has 0 radical (unpaired) electrons. The van der Waals surface area contributed by atoms with E-state index in [2.05, 4.69) is 4.98 Å². The molecule has 19 heavy (non-hydrogen) atoms. The van der Waals surface area contributed by atoms with E-state index in [-0.39, 0.29) is 23.7 Å². The van der Waals surface area contributed by atoms with Crippen LogP contribution >= 0.6 is 0 Å². The van der Waals surface area contributed by atoms with Gasteiger partial charge >= 0.3 is 0 Å². The predicted octanol–water partition coefficient (Wildman–Crippen LogP) is 1.89. The maximum atomic E-state index is 13.6. The molecule has 0 amide bonds. The van der Waals surface area contributed by atoms with Crippen LogP contribution in [0.4, 0.5) is 8.78 Å². The minimum atomic E-state index is -0.975. The molecule has 1 heterocycles. The molecule has 0 aliphatic carbocycles. The fourth-order valence-corrected chi connectivity index (χ4v) is 1.74. The Balaban J connectivity index is 2.49. The van der Waals surface area contributed by atoms with Crippen LogP contribution < -0.4 is 10.3 Å². The van der Waals surface area contributed by atoms with Crippen molar-refractivity contribution in [1.29, 1.82) is 0 Å². The molecule has 0 fully saturated rings. The van der Waals surface area contributed by atoms with E-state index in [1.165, 1.54) is 25.3 Å². The number of benzene rings is 1. The van der Waals surface area contributed by atoms with E-state index >= 15 is 0 Å². The van der Waals surface area contributed by atoms with Crippen molar-refractivity contribution in [3.63, 3.8) is 0 Å². The van der Waals surface area contributed by atoms with Crippen molar-refractivity contribution in [2.24, 2.45) is 0 Å². The Morgan fingerprint density at radius 2 is 2.11 bits per heavy atom. The zero-order valence-electron chi connectivity index (χ0n) is 10.5. The van der Waals surface area contributed by atoms with Gasteiger partial charge in [-0.1, -0.05) is 12.1 Å². The van der Waals surface area contributed by atoms with E-state index in [0.717, 1.165) is 10.6 Å². The minimum Gasteiger partial charge on any atom is -0.468 e. The SMILES string of the molecule is COc1nc(C)cc(=O)n1Cc1cccc(F)c1F. The number of aromatic nitrogens is 2. The highest BCUT2D eigenvalue weighted by Crippen LogP contribution is 2.14. The van der Waals surface area contributed by atoms with E-state index in [9.17, 15) is 13.6 Å². The lowest BCUT2D eigenvalue weighted by atomic mass is 10.2. The average Bonchev–Trinajstić information content (AvgIpc) is 2.37. The minimum absolute atomic E-state index is 0.0612. The van der Waals surface area contributed by atoms with Crippen molar-refractivity contribution in [2.75, 3.05) is 7.11 Å². The lowest BCUT2D eigenvalue weighted by Gasteiger charge is -2.11. The standard InChI is InChI=1S/C13H12F2N2O2/c1-8-6-11(18)17(13(16-8)19-2)7-9-4-3-5-10(14)12(9)15/h3-6H,7H2,1-2H3. The molecular weight excluding hydrogens is 254 g/mol. The van der Waals surface area contributed by atoms with Gasteiger partial charge in [0.15, 0.2) is 11.6 Å². The smallest absolute Gasteiger partial charge is 0.299 e. The first-order chi connectivity index (χ1) is 9.02. The molecule has 2 aromatic rings. The number of methoxy groups -OCH3 is 1. The second kappa shape index (κ2) is 5.17. The Labute approximate surface area is 108 Å². The predicted molar refractivity (Wildman–Crippen MR) is 65.2 cm³/mol. The largest absolute Gasteiger partial charge is 0.468 e. The second-order valence-electron chi connectivity index (χ2n) is 4.02. The zero-order valence-corrected chi connectivity index (χ0v) is 10.5. The van der Waals surface area contributed by atoms with Crippen molar-refractivity contribution >= 4 is 0 Å². The van der Waals surface area contributed by atoms with E-state index < -0.39 is 11.6 Å². The first-order valence-electron chi connectivity index (χ1n) is 5.58. The summed E-state index contributed by atoms with van der Waals surface area (Å²) in [4.78, 5) is 15.9. The monoisotopic (exact) mass is 266 g/mol. The van der Waals surface area contributed by atoms with Crippen LogP contribution in [-0.2, 0) is 6.54 Å². The van der Waals surface area contributed by atoms with E-state index in [0.29, 0.717) is 5.69 Å². The summed E-state index contributed by atoms with van der Waals surface area (Å²) in [6.07, 6.45) is 0. The Hall–Kier alpha value is -2.24. The molecule has 1 aromatic carbocycles. The molecule has 4 nitrogen and oxygen atoms in total. The van der Waals surface area contributed by atoms with Crippen LogP contribution in [0.15, 0.2) is 29.1 Å². The van der Waals surface area contributed by atoms with Gasteiger partial charge in [-0.2, -0.15) is 0 Å². The number of nitrogens with zero attached hydrogens (tertiary/aromatic N) is 2. The maximum absolute atomic E-state index is 13.6.